The first-order chi connectivity index (χ1) is 19.9. The molecular weight excluding hydrogens is 480 g/mol. The van der Waals surface area contributed by atoms with Crippen molar-refractivity contribution in [2.45, 2.75) is 41.5 Å². The molecule has 40 heavy (non-hydrogen) atoms. The van der Waals surface area contributed by atoms with E-state index >= 15 is 0 Å². The first-order valence-electron chi connectivity index (χ1n) is 14.8. The van der Waals surface area contributed by atoms with Crippen molar-refractivity contribution in [2.24, 2.45) is 0 Å². The van der Waals surface area contributed by atoms with E-state index in [-0.39, 0.29) is 0 Å². The van der Waals surface area contributed by atoms with Gasteiger partial charge in [-0.25, -0.2) is 0 Å². The number of rotatable bonds is 2. The van der Waals surface area contributed by atoms with Crippen LogP contribution in [0.25, 0.3) is 65.3 Å². The first kappa shape index (κ1) is 28.6. The molecule has 0 aromatic heterocycles. The average Bonchev–Trinajstić information content (AvgIpc) is 3.06. The molecule has 0 N–H and O–H groups in total. The summed E-state index contributed by atoms with van der Waals surface area (Å²) in [5.41, 5.74) is 5.17. The van der Waals surface area contributed by atoms with Crippen LogP contribution in [0.5, 0.6) is 0 Å². The summed E-state index contributed by atoms with van der Waals surface area (Å²) < 4.78 is 0. The predicted octanol–water partition coefficient (Wildman–Crippen LogP) is 12.7. The lowest BCUT2D eigenvalue weighted by Gasteiger charge is -2.19. The van der Waals surface area contributed by atoms with Crippen molar-refractivity contribution < 1.29 is 0 Å². The Morgan fingerprint density at radius 2 is 0.725 bits per heavy atom. The molecule has 0 fully saturated rings. The van der Waals surface area contributed by atoms with Gasteiger partial charge in [0.05, 0.1) is 0 Å². The Morgan fingerprint density at radius 3 is 1.30 bits per heavy atom. The van der Waals surface area contributed by atoms with Gasteiger partial charge in [-0.2, -0.15) is 0 Å². The van der Waals surface area contributed by atoms with Crippen LogP contribution in [0.2, 0.25) is 0 Å². The Morgan fingerprint density at radius 1 is 0.300 bits per heavy atom. The zero-order chi connectivity index (χ0) is 28.5. The third kappa shape index (κ3) is 5.23. The van der Waals surface area contributed by atoms with Gasteiger partial charge in [0, 0.05) is 0 Å². The third-order valence-corrected chi connectivity index (χ3v) is 7.03. The maximum atomic E-state index is 2.33. The third-order valence-electron chi connectivity index (χ3n) is 7.03. The van der Waals surface area contributed by atoms with Crippen LogP contribution >= 0.6 is 0 Å². The van der Waals surface area contributed by atoms with E-state index < -0.39 is 0 Å². The summed E-state index contributed by atoms with van der Waals surface area (Å²) >= 11 is 0. The highest BCUT2D eigenvalue weighted by Gasteiger charge is 2.17. The van der Waals surface area contributed by atoms with E-state index in [0.717, 1.165) is 0 Å². The van der Waals surface area contributed by atoms with Crippen LogP contribution in [0.1, 0.15) is 41.5 Å². The Labute approximate surface area is 239 Å². The molecule has 0 amide bonds. The summed E-state index contributed by atoms with van der Waals surface area (Å²) in [4.78, 5) is 0. The Hall–Kier alpha value is -4.42. The minimum absolute atomic E-state index is 1.26. The van der Waals surface area contributed by atoms with E-state index in [1.165, 1.54) is 65.3 Å². The van der Waals surface area contributed by atoms with Crippen LogP contribution < -0.4 is 0 Å². The maximum absolute atomic E-state index is 2.33. The topological polar surface area (TPSA) is 0 Å². The summed E-state index contributed by atoms with van der Waals surface area (Å²) in [6.45, 7) is 12.0. The Bertz CT molecular complexity index is 1790. The molecule has 7 aromatic carbocycles. The van der Waals surface area contributed by atoms with Gasteiger partial charge in [-0.05, 0) is 71.4 Å². The molecule has 7 aromatic rings. The molecule has 0 aliphatic rings. The molecule has 0 unspecified atom stereocenters. The van der Waals surface area contributed by atoms with Gasteiger partial charge in [0.2, 0.25) is 0 Å². The van der Waals surface area contributed by atoms with Crippen molar-refractivity contribution >= 4 is 43.1 Å². The lowest BCUT2D eigenvalue weighted by molar-refractivity contribution is 1.50. The molecule has 200 valence electrons. The van der Waals surface area contributed by atoms with Crippen molar-refractivity contribution in [3.8, 4) is 22.3 Å². The second-order valence-electron chi connectivity index (χ2n) is 8.93. The second-order valence-corrected chi connectivity index (χ2v) is 8.93. The molecule has 0 heteroatoms. The van der Waals surface area contributed by atoms with Crippen LogP contribution in [0, 0.1) is 0 Å². The monoisotopic (exact) mass is 520 g/mol. The fraction of sp³-hybridized carbons (Fsp3) is 0.150. The molecule has 0 saturated heterocycles. The van der Waals surface area contributed by atoms with Gasteiger partial charge >= 0.3 is 0 Å². The molecule has 0 spiro atoms. The summed E-state index contributed by atoms with van der Waals surface area (Å²) in [5, 5.41) is 10.3. The van der Waals surface area contributed by atoms with E-state index in [1.807, 2.05) is 41.5 Å². The summed E-state index contributed by atoms with van der Waals surface area (Å²) in [5.74, 6) is 0. The van der Waals surface area contributed by atoms with Crippen molar-refractivity contribution in [1.29, 1.82) is 0 Å². The summed E-state index contributed by atoms with van der Waals surface area (Å²) in [7, 11) is 0. The number of fused-ring (bicyclic) bond motifs is 4. The molecule has 0 aliphatic heterocycles. The van der Waals surface area contributed by atoms with Gasteiger partial charge in [0.15, 0.2) is 0 Å². The van der Waals surface area contributed by atoms with Gasteiger partial charge < -0.3 is 0 Å². The average molecular weight is 521 g/mol. The molecule has 7 rings (SSSR count). The van der Waals surface area contributed by atoms with Crippen LogP contribution in [-0.4, -0.2) is 0 Å². The minimum Gasteiger partial charge on any atom is -0.0683 e. The van der Waals surface area contributed by atoms with Crippen LogP contribution in [0.4, 0.5) is 0 Å². The number of hydrogen-bond acceptors (Lipinski definition) is 0. The zero-order valence-corrected chi connectivity index (χ0v) is 24.7. The summed E-state index contributed by atoms with van der Waals surface area (Å²) in [6.07, 6.45) is 0. The molecule has 0 bridgehead atoms. The van der Waals surface area contributed by atoms with E-state index in [2.05, 4.69) is 133 Å². The highest BCUT2D eigenvalue weighted by Crippen LogP contribution is 2.45. The van der Waals surface area contributed by atoms with Gasteiger partial charge in [-0.15, -0.1) is 0 Å². The molecule has 0 heterocycles. The lowest BCUT2D eigenvalue weighted by atomic mass is 9.84. The van der Waals surface area contributed by atoms with Crippen LogP contribution in [0.3, 0.4) is 0 Å². The number of benzene rings is 7. The smallest absolute Gasteiger partial charge is 0.00201 e. The predicted molar refractivity (Wildman–Crippen MR) is 181 cm³/mol. The molecular formula is C40H40. The number of hydrogen-bond donors (Lipinski definition) is 0. The lowest BCUT2D eigenvalue weighted by Crippen LogP contribution is -1.91. The fourth-order valence-electron chi connectivity index (χ4n) is 5.52. The fourth-order valence-corrected chi connectivity index (χ4v) is 5.52. The summed E-state index contributed by atoms with van der Waals surface area (Å²) in [6, 6.07) is 48.6. The molecule has 0 aliphatic carbocycles. The van der Waals surface area contributed by atoms with Crippen LogP contribution in [0.15, 0.2) is 133 Å². The van der Waals surface area contributed by atoms with E-state index in [0.29, 0.717) is 0 Å². The van der Waals surface area contributed by atoms with Crippen LogP contribution in [-0.2, 0) is 0 Å². The molecule has 0 nitrogen and oxygen atoms in total. The Balaban J connectivity index is 0.000000580. The van der Waals surface area contributed by atoms with Gasteiger partial charge in [-0.1, -0.05) is 169 Å². The highest BCUT2D eigenvalue weighted by atomic mass is 14.2. The second kappa shape index (κ2) is 13.6. The van der Waals surface area contributed by atoms with Crippen molar-refractivity contribution in [3.63, 3.8) is 0 Å². The van der Waals surface area contributed by atoms with Crippen molar-refractivity contribution in [3.05, 3.63) is 133 Å². The zero-order valence-electron chi connectivity index (χ0n) is 24.7. The minimum atomic E-state index is 1.26. The largest absolute Gasteiger partial charge is 0.0683 e. The SMILES string of the molecule is CC.CC.CC.c1ccc2cc(-c3c4ccccc4c(-c4cccc5ccccc45)c4ccccc34)ccc2c1. The van der Waals surface area contributed by atoms with Gasteiger partial charge in [0.25, 0.3) is 0 Å². The standard InChI is InChI=1S/C34H22.3C2H6/c1-2-12-25-22-26(21-20-23(25)10-1)33-29-15-5-7-17-31(29)34(32-18-8-6-16-30(32)33)28-19-9-13-24-11-3-4-14-27(24)28;3*1-2/h1-22H;3*1-2H3. The molecule has 0 atom stereocenters. The van der Waals surface area contributed by atoms with E-state index in [1.54, 1.807) is 0 Å². The van der Waals surface area contributed by atoms with E-state index in [4.69, 9.17) is 0 Å². The molecule has 0 saturated carbocycles. The Kier molecular flexibility index (Phi) is 9.71. The highest BCUT2D eigenvalue weighted by molar-refractivity contribution is 6.23. The first-order valence-corrected chi connectivity index (χ1v) is 14.8. The van der Waals surface area contributed by atoms with Gasteiger partial charge in [-0.3, -0.25) is 0 Å². The van der Waals surface area contributed by atoms with Gasteiger partial charge in [0.1, 0.15) is 0 Å². The molecule has 0 radical (unpaired) electrons. The van der Waals surface area contributed by atoms with Crippen molar-refractivity contribution in [2.75, 3.05) is 0 Å². The normalized spacial score (nSPS) is 10.2. The van der Waals surface area contributed by atoms with E-state index in [9.17, 15) is 0 Å². The maximum Gasteiger partial charge on any atom is -0.00201 e. The van der Waals surface area contributed by atoms with Crippen molar-refractivity contribution in [1.82, 2.24) is 0 Å². The quantitative estimate of drug-likeness (QED) is 0.199.